The Balaban J connectivity index is 1.52. The fourth-order valence-electron chi connectivity index (χ4n) is 5.22. The zero-order chi connectivity index (χ0) is 22.8. The highest BCUT2D eigenvalue weighted by atomic mass is 15.0. The van der Waals surface area contributed by atoms with Gasteiger partial charge in [-0.15, -0.1) is 0 Å². The number of allylic oxidation sites excluding steroid dienone is 7. The van der Waals surface area contributed by atoms with Crippen molar-refractivity contribution >= 4 is 35.2 Å². The molecule has 2 aliphatic carbocycles. The minimum atomic E-state index is -0.287. The van der Waals surface area contributed by atoms with Gasteiger partial charge in [0, 0.05) is 29.7 Å². The highest BCUT2D eigenvalue weighted by Gasteiger charge is 2.23. The van der Waals surface area contributed by atoms with Crippen LogP contribution in [-0.2, 0) is 12.8 Å². The van der Waals surface area contributed by atoms with Crippen molar-refractivity contribution in [3.05, 3.63) is 88.3 Å². The number of rotatable bonds is 4. The third kappa shape index (κ3) is 3.98. The fourth-order valence-corrected chi connectivity index (χ4v) is 5.22. The average molecular weight is 432 g/mol. The first-order chi connectivity index (χ1) is 16.2. The first-order valence-corrected chi connectivity index (χ1v) is 11.9. The summed E-state index contributed by atoms with van der Waals surface area (Å²) >= 11 is 0. The van der Waals surface area contributed by atoms with Crippen molar-refractivity contribution in [2.24, 2.45) is 4.99 Å². The number of aliphatic imine (C=N–C) groups is 1. The molecule has 33 heavy (non-hydrogen) atoms. The Labute approximate surface area is 196 Å². The molecule has 5 rings (SSSR count). The van der Waals surface area contributed by atoms with E-state index in [0.717, 1.165) is 31.2 Å². The van der Waals surface area contributed by atoms with E-state index in [0.29, 0.717) is 6.42 Å². The summed E-state index contributed by atoms with van der Waals surface area (Å²) in [7, 11) is 0. The van der Waals surface area contributed by atoms with Crippen LogP contribution in [0.1, 0.15) is 66.8 Å². The molecule has 164 valence electrons. The van der Waals surface area contributed by atoms with Gasteiger partial charge in [-0.3, -0.25) is 4.99 Å². The Morgan fingerprint density at radius 2 is 2.03 bits per heavy atom. The van der Waals surface area contributed by atoms with E-state index in [4.69, 9.17) is 0 Å². The number of nitrogens with zero attached hydrogens (tertiary/aromatic N) is 3. The van der Waals surface area contributed by atoms with Gasteiger partial charge in [0.1, 0.15) is 6.04 Å². The molecule has 1 atom stereocenters. The third-order valence-electron chi connectivity index (χ3n) is 6.82. The molecule has 3 aliphatic rings. The summed E-state index contributed by atoms with van der Waals surface area (Å²) in [6.07, 6.45) is 22.7. The van der Waals surface area contributed by atoms with Gasteiger partial charge in [-0.25, -0.2) is 0 Å². The Kier molecular flexibility index (Phi) is 5.84. The lowest BCUT2D eigenvalue weighted by atomic mass is 9.94. The van der Waals surface area contributed by atoms with E-state index >= 15 is 0 Å². The Hall–Kier alpha value is -3.64. The molecule has 1 aliphatic heterocycles. The molecule has 2 aromatic rings. The van der Waals surface area contributed by atoms with Gasteiger partial charge in [0.15, 0.2) is 0 Å². The van der Waals surface area contributed by atoms with Crippen molar-refractivity contribution < 1.29 is 0 Å². The number of hydrogen-bond donors (Lipinski definition) is 0. The minimum absolute atomic E-state index is 0.287. The molecule has 0 radical (unpaired) electrons. The van der Waals surface area contributed by atoms with Crippen LogP contribution < -0.4 is 0 Å². The number of dihydropyridines is 1. The normalized spacial score (nSPS) is 19.7. The maximum atomic E-state index is 9.28. The van der Waals surface area contributed by atoms with E-state index in [1.165, 1.54) is 44.9 Å². The van der Waals surface area contributed by atoms with Gasteiger partial charge in [-0.05, 0) is 97.2 Å². The molecule has 0 saturated heterocycles. The smallest absolute Gasteiger partial charge is 0.140 e. The molecule has 0 spiro atoms. The summed E-state index contributed by atoms with van der Waals surface area (Å²) in [6, 6.07) is 10.6. The molecule has 2 heterocycles. The third-order valence-corrected chi connectivity index (χ3v) is 6.82. The molecule has 1 aromatic carbocycles. The highest BCUT2D eigenvalue weighted by molar-refractivity contribution is 5.88. The molecular formula is C30H29N3. The van der Waals surface area contributed by atoms with E-state index in [-0.39, 0.29) is 6.04 Å². The SMILES string of the molecule is C/C=C(\C=C(/C)n1c2c(c3c1CCC=C3)CCC=C2)c1cccc(C2=CC=NC(C#N)C2)c1. The van der Waals surface area contributed by atoms with Gasteiger partial charge >= 0.3 is 0 Å². The van der Waals surface area contributed by atoms with Gasteiger partial charge in [-0.1, -0.05) is 42.5 Å². The number of fused-ring (bicyclic) bond motifs is 3. The van der Waals surface area contributed by atoms with Crippen LogP contribution in [0, 0.1) is 11.3 Å². The average Bonchev–Trinajstić information content (AvgIpc) is 3.22. The quantitative estimate of drug-likeness (QED) is 0.475. The summed E-state index contributed by atoms with van der Waals surface area (Å²) in [5.41, 5.74) is 11.7. The highest BCUT2D eigenvalue weighted by Crippen LogP contribution is 2.36. The van der Waals surface area contributed by atoms with E-state index in [1.54, 1.807) is 6.21 Å². The van der Waals surface area contributed by atoms with E-state index in [1.807, 2.05) is 6.08 Å². The summed E-state index contributed by atoms with van der Waals surface area (Å²) in [5.74, 6) is 0. The van der Waals surface area contributed by atoms with Crippen LogP contribution in [0.15, 0.2) is 59.6 Å². The Morgan fingerprint density at radius 1 is 1.18 bits per heavy atom. The van der Waals surface area contributed by atoms with Crippen LogP contribution in [0.5, 0.6) is 0 Å². The predicted octanol–water partition coefficient (Wildman–Crippen LogP) is 7.12. The van der Waals surface area contributed by atoms with Crippen LogP contribution >= 0.6 is 0 Å². The summed E-state index contributed by atoms with van der Waals surface area (Å²) in [6.45, 7) is 4.33. The van der Waals surface area contributed by atoms with Crippen molar-refractivity contribution in [1.29, 1.82) is 5.26 Å². The molecule has 1 unspecified atom stereocenters. The van der Waals surface area contributed by atoms with E-state index < -0.39 is 0 Å². The lowest BCUT2D eigenvalue weighted by Gasteiger charge is -2.17. The maximum absolute atomic E-state index is 9.28. The molecule has 0 N–H and O–H groups in total. The van der Waals surface area contributed by atoms with Crippen LogP contribution in [0.2, 0.25) is 0 Å². The molecular weight excluding hydrogens is 402 g/mol. The lowest BCUT2D eigenvalue weighted by Crippen LogP contribution is -2.07. The van der Waals surface area contributed by atoms with Crippen LogP contribution in [-0.4, -0.2) is 16.8 Å². The van der Waals surface area contributed by atoms with Crippen LogP contribution in [0.3, 0.4) is 0 Å². The number of benzene rings is 1. The molecule has 3 nitrogen and oxygen atoms in total. The van der Waals surface area contributed by atoms with Gasteiger partial charge in [0.05, 0.1) is 6.07 Å². The van der Waals surface area contributed by atoms with E-state index in [9.17, 15) is 5.26 Å². The monoisotopic (exact) mass is 431 g/mol. The number of hydrogen-bond acceptors (Lipinski definition) is 2. The number of nitriles is 1. The summed E-state index contributed by atoms with van der Waals surface area (Å²) < 4.78 is 2.48. The van der Waals surface area contributed by atoms with Crippen molar-refractivity contribution in [2.45, 2.75) is 52.0 Å². The van der Waals surface area contributed by atoms with Gasteiger partial charge in [0.2, 0.25) is 0 Å². The molecule has 1 aromatic heterocycles. The second kappa shape index (κ2) is 9.08. The zero-order valence-corrected chi connectivity index (χ0v) is 19.4. The van der Waals surface area contributed by atoms with E-state index in [2.05, 4.69) is 90.2 Å². The topological polar surface area (TPSA) is 41.1 Å². The molecule has 0 saturated carbocycles. The van der Waals surface area contributed by atoms with Crippen LogP contribution in [0.25, 0.3) is 29.0 Å². The molecule has 3 heteroatoms. The number of aromatic nitrogens is 1. The van der Waals surface area contributed by atoms with Gasteiger partial charge in [0.25, 0.3) is 0 Å². The largest absolute Gasteiger partial charge is 0.317 e. The Bertz CT molecular complexity index is 1310. The molecule has 0 fully saturated rings. The second-order valence-electron chi connectivity index (χ2n) is 8.89. The zero-order valence-electron chi connectivity index (χ0n) is 19.4. The van der Waals surface area contributed by atoms with Crippen molar-refractivity contribution in [3.63, 3.8) is 0 Å². The summed E-state index contributed by atoms with van der Waals surface area (Å²) in [4.78, 5) is 4.24. The molecule has 0 bridgehead atoms. The minimum Gasteiger partial charge on any atom is -0.317 e. The maximum Gasteiger partial charge on any atom is 0.140 e. The van der Waals surface area contributed by atoms with Gasteiger partial charge in [-0.2, -0.15) is 5.26 Å². The standard InChI is InChI=1S/C30H29N3/c1-3-22(23-9-8-10-24(18-23)25-15-16-32-26(19-25)20-31)17-21(2)33-29-13-6-4-11-27(29)28-12-5-7-14-30(28)33/h3-4,7-11,14-18,26H,5-6,12-13,19H2,1-2H3/b21-17+,22-3+. The second-order valence-corrected chi connectivity index (χ2v) is 8.89. The van der Waals surface area contributed by atoms with Crippen LogP contribution in [0.4, 0.5) is 0 Å². The Morgan fingerprint density at radius 3 is 2.88 bits per heavy atom. The van der Waals surface area contributed by atoms with Gasteiger partial charge < -0.3 is 4.57 Å². The first-order valence-electron chi connectivity index (χ1n) is 11.9. The van der Waals surface area contributed by atoms with Crippen molar-refractivity contribution in [2.75, 3.05) is 0 Å². The summed E-state index contributed by atoms with van der Waals surface area (Å²) in [5, 5.41) is 9.28. The lowest BCUT2D eigenvalue weighted by molar-refractivity contribution is 0.858. The predicted molar refractivity (Wildman–Crippen MR) is 140 cm³/mol. The van der Waals surface area contributed by atoms with Crippen molar-refractivity contribution in [3.8, 4) is 6.07 Å². The fraction of sp³-hybridized carbons (Fsp3) is 0.267. The first kappa shape index (κ1) is 21.2. The van der Waals surface area contributed by atoms with Crippen molar-refractivity contribution in [1.82, 2.24) is 4.57 Å². The molecule has 0 amide bonds.